The lowest BCUT2D eigenvalue weighted by atomic mass is 10.2. The number of nitrogen functional groups attached to an aromatic ring is 1. The zero-order valence-electron chi connectivity index (χ0n) is 11.4. The highest BCUT2D eigenvalue weighted by Crippen LogP contribution is 2.26. The molecule has 22 heavy (non-hydrogen) atoms. The van der Waals surface area contributed by atoms with Gasteiger partial charge in [-0.3, -0.25) is 19.1 Å². The normalized spacial score (nSPS) is 10.5. The predicted octanol–water partition coefficient (Wildman–Crippen LogP) is 1.22. The number of nitrogens with one attached hydrogen (secondary N) is 1. The summed E-state index contributed by atoms with van der Waals surface area (Å²) in [7, 11) is 1.34. The van der Waals surface area contributed by atoms with Crippen molar-refractivity contribution in [1.29, 1.82) is 0 Å². The Balaban J connectivity index is 2.23. The van der Waals surface area contributed by atoms with Crippen molar-refractivity contribution in [2.45, 2.75) is 0 Å². The average molecular weight is 344 g/mol. The molecule has 0 aliphatic carbocycles. The Hall–Kier alpha value is -2.25. The molecule has 0 saturated carbocycles. The van der Waals surface area contributed by atoms with Gasteiger partial charge in [0.05, 0.1) is 10.0 Å². The van der Waals surface area contributed by atoms with Gasteiger partial charge in [-0.1, -0.05) is 23.2 Å². The number of anilines is 1. The molecule has 0 saturated heterocycles. The van der Waals surface area contributed by atoms with E-state index in [1.54, 1.807) is 0 Å². The van der Waals surface area contributed by atoms with E-state index in [4.69, 9.17) is 33.7 Å². The molecule has 2 rings (SSSR count). The Morgan fingerprint density at radius 3 is 2.64 bits per heavy atom. The molecule has 1 heterocycles. The van der Waals surface area contributed by atoms with E-state index < -0.39 is 23.6 Å². The number of nitrogens with zero attached hydrogens (tertiary/aromatic N) is 1. The van der Waals surface area contributed by atoms with Crippen LogP contribution in [0.3, 0.4) is 0 Å². The second-order valence-electron chi connectivity index (χ2n) is 4.37. The number of Topliss-reactive ketones (excluding diaryl/α,β-unsaturated/α-hetero) is 1. The monoisotopic (exact) mass is 343 g/mol. The van der Waals surface area contributed by atoms with Gasteiger partial charge in [-0.2, -0.15) is 0 Å². The lowest BCUT2D eigenvalue weighted by Gasteiger charge is -2.09. The van der Waals surface area contributed by atoms with Crippen LogP contribution < -0.4 is 21.7 Å². The molecule has 1 aromatic carbocycles. The van der Waals surface area contributed by atoms with Crippen LogP contribution in [0.15, 0.2) is 27.8 Å². The van der Waals surface area contributed by atoms with Crippen molar-refractivity contribution in [3.05, 3.63) is 54.6 Å². The summed E-state index contributed by atoms with van der Waals surface area (Å²) in [5.74, 6) is -0.584. The molecule has 0 unspecified atom stereocenters. The summed E-state index contributed by atoms with van der Waals surface area (Å²) in [6.45, 7) is -0.441. The van der Waals surface area contributed by atoms with Crippen LogP contribution >= 0.6 is 23.2 Å². The van der Waals surface area contributed by atoms with Crippen LogP contribution in [-0.2, 0) is 7.05 Å². The van der Waals surface area contributed by atoms with Gasteiger partial charge in [0.25, 0.3) is 5.56 Å². The number of aromatic amines is 1. The molecule has 0 spiro atoms. The van der Waals surface area contributed by atoms with Gasteiger partial charge in [-0.25, -0.2) is 4.79 Å². The smallest absolute Gasteiger partial charge is 0.329 e. The number of carbonyl (C=O) groups is 1. The van der Waals surface area contributed by atoms with Crippen LogP contribution in [0.2, 0.25) is 10.0 Å². The molecule has 0 aliphatic rings. The molecule has 0 bridgehead atoms. The zero-order chi connectivity index (χ0) is 16.4. The lowest BCUT2D eigenvalue weighted by molar-refractivity contribution is 0.0920. The molecule has 0 atom stereocenters. The first kappa shape index (κ1) is 16.1. The van der Waals surface area contributed by atoms with Crippen molar-refractivity contribution in [2.24, 2.45) is 7.05 Å². The van der Waals surface area contributed by atoms with Crippen molar-refractivity contribution in [2.75, 3.05) is 12.3 Å². The van der Waals surface area contributed by atoms with E-state index in [1.807, 2.05) is 4.98 Å². The van der Waals surface area contributed by atoms with Gasteiger partial charge in [0.15, 0.2) is 6.61 Å². The summed E-state index contributed by atoms with van der Waals surface area (Å²) in [5, 5.41) is 0.616. The standard InChI is InChI=1S/C13H11Cl2N3O4/c1-18-11(16)10(12(20)17-13(18)21)9(19)5-22-6-2-3-7(14)8(15)4-6/h2-4H,5,16H2,1H3,(H,17,20,21). The third-order valence-corrected chi connectivity index (χ3v) is 3.65. The number of aromatic nitrogens is 2. The fraction of sp³-hybridized carbons (Fsp3) is 0.154. The van der Waals surface area contributed by atoms with Crippen molar-refractivity contribution in [1.82, 2.24) is 9.55 Å². The van der Waals surface area contributed by atoms with E-state index in [-0.39, 0.29) is 16.4 Å². The van der Waals surface area contributed by atoms with E-state index in [0.717, 1.165) is 4.57 Å². The fourth-order valence-corrected chi connectivity index (χ4v) is 1.98. The van der Waals surface area contributed by atoms with Crippen LogP contribution in [0.5, 0.6) is 5.75 Å². The number of halogens is 2. The van der Waals surface area contributed by atoms with E-state index in [2.05, 4.69) is 0 Å². The van der Waals surface area contributed by atoms with E-state index in [0.29, 0.717) is 10.8 Å². The van der Waals surface area contributed by atoms with E-state index in [1.165, 1.54) is 25.2 Å². The fourth-order valence-electron chi connectivity index (χ4n) is 1.69. The minimum absolute atomic E-state index is 0.225. The number of H-pyrrole nitrogens is 1. The maximum atomic E-state index is 12.1. The van der Waals surface area contributed by atoms with Crippen molar-refractivity contribution >= 4 is 34.8 Å². The summed E-state index contributed by atoms with van der Waals surface area (Å²) in [6, 6.07) is 4.47. The summed E-state index contributed by atoms with van der Waals surface area (Å²) in [5.41, 5.74) is 3.73. The second kappa shape index (κ2) is 6.25. The first-order valence-electron chi connectivity index (χ1n) is 6.01. The molecule has 0 amide bonds. The lowest BCUT2D eigenvalue weighted by Crippen LogP contribution is -2.36. The minimum Gasteiger partial charge on any atom is -0.485 e. The number of carbonyl (C=O) groups excluding carboxylic acids is 1. The molecule has 116 valence electrons. The Morgan fingerprint density at radius 1 is 1.32 bits per heavy atom. The number of hydrogen-bond acceptors (Lipinski definition) is 5. The Kier molecular flexibility index (Phi) is 4.58. The maximum absolute atomic E-state index is 12.1. The third kappa shape index (κ3) is 3.15. The quantitative estimate of drug-likeness (QED) is 0.811. The maximum Gasteiger partial charge on any atom is 0.329 e. The molecular weight excluding hydrogens is 333 g/mol. The topological polar surface area (TPSA) is 107 Å². The molecular formula is C13H11Cl2N3O4. The number of rotatable bonds is 4. The van der Waals surface area contributed by atoms with Gasteiger partial charge < -0.3 is 10.5 Å². The van der Waals surface area contributed by atoms with Crippen LogP contribution in [0, 0.1) is 0 Å². The molecule has 1 aromatic heterocycles. The molecule has 3 N–H and O–H groups in total. The summed E-state index contributed by atoms with van der Waals surface area (Å²) >= 11 is 11.6. The van der Waals surface area contributed by atoms with Crippen LogP contribution in [-0.4, -0.2) is 21.9 Å². The van der Waals surface area contributed by atoms with Crippen LogP contribution in [0.1, 0.15) is 10.4 Å². The highest BCUT2D eigenvalue weighted by molar-refractivity contribution is 6.42. The first-order chi connectivity index (χ1) is 10.3. The first-order valence-corrected chi connectivity index (χ1v) is 6.76. The SMILES string of the molecule is Cn1c(N)c(C(=O)COc2ccc(Cl)c(Cl)c2)c(=O)[nH]c1=O. The molecule has 9 heteroatoms. The highest BCUT2D eigenvalue weighted by atomic mass is 35.5. The van der Waals surface area contributed by atoms with Gasteiger partial charge in [-0.15, -0.1) is 0 Å². The molecule has 2 aromatic rings. The largest absolute Gasteiger partial charge is 0.485 e. The average Bonchev–Trinajstić information content (AvgIpc) is 2.46. The number of nitrogens with two attached hydrogens (primary N) is 1. The Bertz CT molecular complexity index is 857. The number of benzene rings is 1. The molecule has 0 radical (unpaired) electrons. The van der Waals surface area contributed by atoms with Gasteiger partial charge in [0.2, 0.25) is 5.78 Å². The second-order valence-corrected chi connectivity index (χ2v) is 5.18. The Labute approximate surface area is 134 Å². The molecule has 0 aliphatic heterocycles. The van der Waals surface area contributed by atoms with Gasteiger partial charge >= 0.3 is 5.69 Å². The number of hydrogen-bond donors (Lipinski definition) is 2. The van der Waals surface area contributed by atoms with E-state index in [9.17, 15) is 14.4 Å². The summed E-state index contributed by atoms with van der Waals surface area (Å²) in [4.78, 5) is 37.1. The van der Waals surface area contributed by atoms with Gasteiger partial charge in [0, 0.05) is 13.1 Å². The minimum atomic E-state index is -0.858. The van der Waals surface area contributed by atoms with Crippen LogP contribution in [0.4, 0.5) is 5.82 Å². The highest BCUT2D eigenvalue weighted by Gasteiger charge is 2.18. The van der Waals surface area contributed by atoms with Crippen molar-refractivity contribution < 1.29 is 9.53 Å². The Morgan fingerprint density at radius 2 is 2.00 bits per heavy atom. The predicted molar refractivity (Wildman–Crippen MR) is 83.0 cm³/mol. The van der Waals surface area contributed by atoms with Gasteiger partial charge in [0.1, 0.15) is 17.1 Å². The summed E-state index contributed by atoms with van der Waals surface area (Å²) < 4.78 is 6.22. The zero-order valence-corrected chi connectivity index (χ0v) is 12.9. The molecule has 0 fully saturated rings. The summed E-state index contributed by atoms with van der Waals surface area (Å²) in [6.07, 6.45) is 0. The van der Waals surface area contributed by atoms with Crippen LogP contribution in [0.25, 0.3) is 0 Å². The van der Waals surface area contributed by atoms with Gasteiger partial charge in [-0.05, 0) is 12.1 Å². The van der Waals surface area contributed by atoms with Crippen molar-refractivity contribution in [3.8, 4) is 5.75 Å². The molecule has 7 nitrogen and oxygen atoms in total. The van der Waals surface area contributed by atoms with Crippen molar-refractivity contribution in [3.63, 3.8) is 0 Å². The van der Waals surface area contributed by atoms with E-state index >= 15 is 0 Å². The number of ether oxygens (including phenoxy) is 1. The number of ketones is 1. The third-order valence-electron chi connectivity index (χ3n) is 2.91.